The van der Waals surface area contributed by atoms with Crippen molar-refractivity contribution in [2.75, 3.05) is 13.7 Å². The summed E-state index contributed by atoms with van der Waals surface area (Å²) in [7, 11) is 1.49. The van der Waals surface area contributed by atoms with Crippen molar-refractivity contribution in [1.82, 2.24) is 4.90 Å². The zero-order chi connectivity index (χ0) is 10.3. The third-order valence-electron chi connectivity index (χ3n) is 3.95. The molecule has 80 valence electrons. The minimum atomic E-state index is -0.365. The van der Waals surface area contributed by atoms with Gasteiger partial charge < -0.3 is 4.74 Å². The summed E-state index contributed by atoms with van der Waals surface area (Å²) in [6.45, 7) is 5.24. The highest BCUT2D eigenvalue weighted by atomic mass is 16.5. The van der Waals surface area contributed by atoms with Crippen LogP contribution in [0.3, 0.4) is 0 Å². The van der Waals surface area contributed by atoms with E-state index in [1.54, 1.807) is 0 Å². The van der Waals surface area contributed by atoms with Crippen LogP contribution in [0.2, 0.25) is 0 Å². The van der Waals surface area contributed by atoms with Crippen LogP contribution in [0.5, 0.6) is 0 Å². The van der Waals surface area contributed by atoms with Crippen molar-refractivity contribution in [3.05, 3.63) is 0 Å². The molecule has 1 saturated heterocycles. The molecule has 2 rings (SSSR count). The van der Waals surface area contributed by atoms with E-state index in [2.05, 4.69) is 11.8 Å². The van der Waals surface area contributed by atoms with E-state index in [4.69, 9.17) is 4.74 Å². The Morgan fingerprint density at radius 1 is 1.43 bits per heavy atom. The number of hydrogen-bond donors (Lipinski definition) is 0. The van der Waals surface area contributed by atoms with Crippen LogP contribution in [0.4, 0.5) is 0 Å². The number of likely N-dealkylation sites (tertiary alicyclic amines) is 1. The van der Waals surface area contributed by atoms with Gasteiger partial charge in [0.15, 0.2) is 0 Å². The number of hydrogen-bond acceptors (Lipinski definition) is 3. The number of carbonyl (C=O) groups is 1. The Balaban J connectivity index is 2.21. The number of rotatable bonds is 2. The topological polar surface area (TPSA) is 29.5 Å². The van der Waals surface area contributed by atoms with Crippen LogP contribution < -0.4 is 0 Å². The molecule has 0 amide bonds. The van der Waals surface area contributed by atoms with Crippen LogP contribution in [0, 0.1) is 5.92 Å². The molecule has 1 aliphatic carbocycles. The summed E-state index contributed by atoms with van der Waals surface area (Å²) < 4.78 is 4.94. The van der Waals surface area contributed by atoms with Crippen molar-refractivity contribution >= 4 is 5.97 Å². The Bertz CT molecular complexity index is 250. The number of ether oxygens (including phenoxy) is 1. The standard InChI is InChI=1S/C11H19NO2/c1-8-6-7-12(9-4-5-9)11(8,2)10(13)14-3/h8-9H,4-7H2,1-3H3/t8?,11-/m0/s1. The molecule has 2 atom stereocenters. The molecule has 1 unspecified atom stereocenters. The van der Waals surface area contributed by atoms with E-state index in [1.807, 2.05) is 6.92 Å². The fourth-order valence-electron chi connectivity index (χ4n) is 2.60. The van der Waals surface area contributed by atoms with Crippen molar-refractivity contribution in [1.29, 1.82) is 0 Å². The van der Waals surface area contributed by atoms with Crippen molar-refractivity contribution in [3.63, 3.8) is 0 Å². The van der Waals surface area contributed by atoms with Gasteiger partial charge in [0.05, 0.1) is 7.11 Å². The molecular formula is C11H19NO2. The fourth-order valence-corrected chi connectivity index (χ4v) is 2.60. The number of nitrogens with zero attached hydrogens (tertiary/aromatic N) is 1. The Kier molecular flexibility index (Phi) is 2.30. The van der Waals surface area contributed by atoms with Gasteiger partial charge in [-0.15, -0.1) is 0 Å². The Hall–Kier alpha value is -0.570. The van der Waals surface area contributed by atoms with Gasteiger partial charge in [-0.3, -0.25) is 9.69 Å². The maximum Gasteiger partial charge on any atom is 0.326 e. The number of methoxy groups -OCH3 is 1. The van der Waals surface area contributed by atoms with Crippen molar-refractivity contribution in [2.24, 2.45) is 5.92 Å². The van der Waals surface area contributed by atoms with Crippen LogP contribution in [0.1, 0.15) is 33.1 Å². The van der Waals surface area contributed by atoms with Crippen molar-refractivity contribution in [3.8, 4) is 0 Å². The maximum atomic E-state index is 11.8. The SMILES string of the molecule is COC(=O)[C@]1(C)C(C)CCN1C1CC1. The second-order valence-corrected chi connectivity index (χ2v) is 4.75. The summed E-state index contributed by atoms with van der Waals surface area (Å²) in [5.41, 5.74) is -0.365. The minimum Gasteiger partial charge on any atom is -0.468 e. The average Bonchev–Trinajstić information content (AvgIpc) is 2.96. The van der Waals surface area contributed by atoms with E-state index in [-0.39, 0.29) is 11.5 Å². The predicted molar refractivity (Wildman–Crippen MR) is 53.9 cm³/mol. The molecule has 0 aromatic carbocycles. The van der Waals surface area contributed by atoms with E-state index >= 15 is 0 Å². The van der Waals surface area contributed by atoms with Crippen LogP contribution >= 0.6 is 0 Å². The Labute approximate surface area is 85.4 Å². The van der Waals surface area contributed by atoms with Gasteiger partial charge in [-0.1, -0.05) is 6.92 Å². The molecule has 0 N–H and O–H groups in total. The highest BCUT2D eigenvalue weighted by Crippen LogP contribution is 2.43. The first-order valence-electron chi connectivity index (χ1n) is 5.46. The molecule has 2 aliphatic rings. The van der Waals surface area contributed by atoms with E-state index in [9.17, 15) is 4.79 Å². The summed E-state index contributed by atoms with van der Waals surface area (Å²) in [6, 6.07) is 0.643. The van der Waals surface area contributed by atoms with Gasteiger partial charge in [0.2, 0.25) is 0 Å². The quantitative estimate of drug-likeness (QED) is 0.627. The molecule has 3 heteroatoms. The Morgan fingerprint density at radius 2 is 2.07 bits per heavy atom. The van der Waals surface area contributed by atoms with E-state index < -0.39 is 0 Å². The smallest absolute Gasteiger partial charge is 0.326 e. The van der Waals surface area contributed by atoms with Crippen LogP contribution in [0.25, 0.3) is 0 Å². The molecular weight excluding hydrogens is 178 g/mol. The van der Waals surface area contributed by atoms with E-state index in [1.165, 1.54) is 20.0 Å². The lowest BCUT2D eigenvalue weighted by Gasteiger charge is -2.35. The summed E-state index contributed by atoms with van der Waals surface area (Å²) in [4.78, 5) is 14.2. The van der Waals surface area contributed by atoms with Gasteiger partial charge in [0.1, 0.15) is 5.54 Å². The van der Waals surface area contributed by atoms with Crippen LogP contribution in [-0.4, -0.2) is 36.1 Å². The van der Waals surface area contributed by atoms with Gasteiger partial charge in [0, 0.05) is 6.04 Å². The molecule has 2 fully saturated rings. The lowest BCUT2D eigenvalue weighted by atomic mass is 9.88. The average molecular weight is 197 g/mol. The highest BCUT2D eigenvalue weighted by molar-refractivity contribution is 5.81. The molecule has 1 aliphatic heterocycles. The minimum absolute atomic E-state index is 0.0607. The molecule has 0 aromatic rings. The lowest BCUT2D eigenvalue weighted by molar-refractivity contribution is -0.154. The Morgan fingerprint density at radius 3 is 2.57 bits per heavy atom. The van der Waals surface area contributed by atoms with Crippen molar-refractivity contribution in [2.45, 2.75) is 44.7 Å². The van der Waals surface area contributed by atoms with Gasteiger partial charge in [-0.2, -0.15) is 0 Å². The predicted octanol–water partition coefficient (Wildman–Crippen LogP) is 1.42. The van der Waals surface area contributed by atoms with Gasteiger partial charge in [-0.05, 0) is 38.6 Å². The summed E-state index contributed by atoms with van der Waals surface area (Å²) in [5.74, 6) is 0.352. The highest BCUT2D eigenvalue weighted by Gasteiger charge is 2.53. The molecule has 0 radical (unpaired) electrons. The summed E-state index contributed by atoms with van der Waals surface area (Å²) in [5, 5.41) is 0. The molecule has 0 bridgehead atoms. The van der Waals surface area contributed by atoms with Gasteiger partial charge >= 0.3 is 5.97 Å². The molecule has 14 heavy (non-hydrogen) atoms. The molecule has 0 spiro atoms. The molecule has 1 saturated carbocycles. The van der Waals surface area contributed by atoms with Crippen molar-refractivity contribution < 1.29 is 9.53 Å². The second-order valence-electron chi connectivity index (χ2n) is 4.75. The number of carbonyl (C=O) groups excluding carboxylic acids is 1. The third-order valence-corrected chi connectivity index (χ3v) is 3.95. The third kappa shape index (κ3) is 1.26. The zero-order valence-electron chi connectivity index (χ0n) is 9.25. The first-order valence-corrected chi connectivity index (χ1v) is 5.46. The molecule has 3 nitrogen and oxygen atoms in total. The number of esters is 1. The van der Waals surface area contributed by atoms with Gasteiger partial charge in [0.25, 0.3) is 0 Å². The van der Waals surface area contributed by atoms with E-state index in [0.717, 1.165) is 13.0 Å². The van der Waals surface area contributed by atoms with E-state index in [0.29, 0.717) is 12.0 Å². The normalized spacial score (nSPS) is 38.6. The largest absolute Gasteiger partial charge is 0.468 e. The first-order chi connectivity index (χ1) is 6.60. The first kappa shape index (κ1) is 9.97. The van der Waals surface area contributed by atoms with Crippen LogP contribution in [0.15, 0.2) is 0 Å². The van der Waals surface area contributed by atoms with Gasteiger partial charge in [-0.25, -0.2) is 0 Å². The second kappa shape index (κ2) is 3.23. The monoisotopic (exact) mass is 197 g/mol. The maximum absolute atomic E-state index is 11.8. The molecule has 0 aromatic heterocycles. The van der Waals surface area contributed by atoms with Crippen LogP contribution in [-0.2, 0) is 9.53 Å². The lowest BCUT2D eigenvalue weighted by Crippen LogP contribution is -2.52. The molecule has 1 heterocycles. The summed E-state index contributed by atoms with van der Waals surface area (Å²) >= 11 is 0. The fraction of sp³-hybridized carbons (Fsp3) is 0.909. The zero-order valence-corrected chi connectivity index (χ0v) is 9.25. The summed E-state index contributed by atoms with van der Waals surface area (Å²) in [6.07, 6.45) is 3.61.